The summed E-state index contributed by atoms with van der Waals surface area (Å²) in [7, 11) is 0. The van der Waals surface area contributed by atoms with Crippen molar-refractivity contribution in [2.24, 2.45) is 0 Å². The van der Waals surface area contributed by atoms with Crippen LogP contribution in [0.15, 0.2) is 65.1 Å². The van der Waals surface area contributed by atoms with Gasteiger partial charge in [0.1, 0.15) is 5.52 Å². The van der Waals surface area contributed by atoms with Crippen LogP contribution in [-0.2, 0) is 0 Å². The molecule has 0 bridgehead atoms. The largest absolute Gasteiger partial charge is 0.436 e. The molecule has 0 saturated carbocycles. The Morgan fingerprint density at radius 2 is 1.74 bits per heavy atom. The van der Waals surface area contributed by atoms with Crippen molar-refractivity contribution in [3.8, 4) is 11.5 Å². The molecular weight excluding hydrogens is 407 g/mol. The summed E-state index contributed by atoms with van der Waals surface area (Å²) in [5.74, 6) is 0.0919. The number of aromatic nitrogens is 1. The fraction of sp³-hybridized carbons (Fsp3) is 0. The maximum Gasteiger partial charge on any atom is 0.257 e. The summed E-state index contributed by atoms with van der Waals surface area (Å²) >= 11 is 18.0. The minimum Gasteiger partial charge on any atom is -0.436 e. The molecule has 0 unspecified atom stereocenters. The van der Waals surface area contributed by atoms with Crippen LogP contribution in [0.3, 0.4) is 0 Å². The summed E-state index contributed by atoms with van der Waals surface area (Å²) in [5, 5.41) is 4.14. The SMILES string of the molecule is O=C(Nc1ccc2oc(-c3cccc(Cl)c3)nc2c1)c1cc(Cl)ccc1Cl. The van der Waals surface area contributed by atoms with E-state index < -0.39 is 0 Å². The summed E-state index contributed by atoms with van der Waals surface area (Å²) in [5.41, 5.74) is 2.84. The van der Waals surface area contributed by atoms with Crippen LogP contribution in [0.4, 0.5) is 5.69 Å². The van der Waals surface area contributed by atoms with E-state index in [1.165, 1.54) is 6.07 Å². The van der Waals surface area contributed by atoms with Gasteiger partial charge in [-0.25, -0.2) is 4.98 Å². The van der Waals surface area contributed by atoms with Crippen molar-refractivity contribution in [1.82, 2.24) is 4.98 Å². The number of oxazole rings is 1. The summed E-state index contributed by atoms with van der Waals surface area (Å²) in [6, 6.07) is 17.2. The number of nitrogens with one attached hydrogen (secondary N) is 1. The van der Waals surface area contributed by atoms with Crippen molar-refractivity contribution in [3.63, 3.8) is 0 Å². The average Bonchev–Trinajstić information content (AvgIpc) is 3.07. The predicted molar refractivity (Wildman–Crippen MR) is 109 cm³/mol. The van der Waals surface area contributed by atoms with Gasteiger partial charge in [0, 0.05) is 21.3 Å². The first kappa shape index (κ1) is 17.9. The molecular formula is C20H11Cl3N2O2. The number of fused-ring (bicyclic) bond motifs is 1. The van der Waals surface area contributed by atoms with E-state index in [2.05, 4.69) is 10.3 Å². The number of rotatable bonds is 3. The van der Waals surface area contributed by atoms with Gasteiger partial charge in [-0.05, 0) is 54.6 Å². The van der Waals surface area contributed by atoms with E-state index in [0.29, 0.717) is 43.3 Å². The number of amides is 1. The van der Waals surface area contributed by atoms with Gasteiger partial charge < -0.3 is 9.73 Å². The fourth-order valence-corrected chi connectivity index (χ4v) is 3.19. The molecule has 1 heterocycles. The van der Waals surface area contributed by atoms with Crippen molar-refractivity contribution >= 4 is 57.5 Å². The van der Waals surface area contributed by atoms with Gasteiger partial charge in [-0.15, -0.1) is 0 Å². The lowest BCUT2D eigenvalue weighted by Gasteiger charge is -2.07. The first-order valence-electron chi connectivity index (χ1n) is 7.92. The van der Waals surface area contributed by atoms with Gasteiger partial charge in [-0.1, -0.05) is 40.9 Å². The number of hydrogen-bond donors (Lipinski definition) is 1. The summed E-state index contributed by atoms with van der Waals surface area (Å²) in [6.45, 7) is 0. The molecule has 7 heteroatoms. The average molecular weight is 418 g/mol. The molecule has 3 aromatic carbocycles. The highest BCUT2D eigenvalue weighted by molar-refractivity contribution is 6.36. The molecule has 1 aromatic heterocycles. The summed E-state index contributed by atoms with van der Waals surface area (Å²) < 4.78 is 5.77. The van der Waals surface area contributed by atoms with E-state index in [1.807, 2.05) is 12.1 Å². The van der Waals surface area contributed by atoms with Crippen molar-refractivity contribution in [3.05, 3.63) is 81.3 Å². The van der Waals surface area contributed by atoms with Crippen LogP contribution in [0, 0.1) is 0 Å². The minimum absolute atomic E-state index is 0.295. The molecule has 27 heavy (non-hydrogen) atoms. The Kier molecular flexibility index (Phi) is 4.79. The van der Waals surface area contributed by atoms with E-state index in [1.54, 1.807) is 42.5 Å². The molecule has 0 radical (unpaired) electrons. The standard InChI is InChI=1S/C20H11Cl3N2O2/c21-12-3-1-2-11(8-12)20-25-17-10-14(5-7-18(17)27-20)24-19(26)15-9-13(22)4-6-16(15)23/h1-10H,(H,24,26). The molecule has 0 aliphatic heterocycles. The number of carbonyl (C=O) groups is 1. The number of halogens is 3. The van der Waals surface area contributed by atoms with E-state index in [-0.39, 0.29) is 5.91 Å². The molecule has 134 valence electrons. The maximum absolute atomic E-state index is 12.5. The number of hydrogen-bond acceptors (Lipinski definition) is 3. The third-order valence-corrected chi connectivity index (χ3v) is 4.69. The number of carbonyl (C=O) groups excluding carboxylic acids is 1. The van der Waals surface area contributed by atoms with Gasteiger partial charge in [0.25, 0.3) is 5.91 Å². The number of anilines is 1. The normalized spacial score (nSPS) is 10.9. The smallest absolute Gasteiger partial charge is 0.257 e. The van der Waals surface area contributed by atoms with Crippen LogP contribution >= 0.6 is 34.8 Å². The molecule has 1 N–H and O–H groups in total. The minimum atomic E-state index is -0.361. The molecule has 0 atom stereocenters. The molecule has 0 spiro atoms. The number of benzene rings is 3. The molecule has 0 aliphatic carbocycles. The second-order valence-corrected chi connectivity index (χ2v) is 7.07. The second kappa shape index (κ2) is 7.24. The van der Waals surface area contributed by atoms with Crippen LogP contribution in [0.2, 0.25) is 15.1 Å². The highest BCUT2D eigenvalue weighted by Crippen LogP contribution is 2.28. The zero-order valence-corrected chi connectivity index (χ0v) is 15.9. The van der Waals surface area contributed by atoms with E-state index in [9.17, 15) is 4.79 Å². The lowest BCUT2D eigenvalue weighted by molar-refractivity contribution is 0.102. The van der Waals surface area contributed by atoms with Crippen LogP contribution in [0.5, 0.6) is 0 Å². The molecule has 4 nitrogen and oxygen atoms in total. The van der Waals surface area contributed by atoms with Crippen molar-refractivity contribution in [2.45, 2.75) is 0 Å². The van der Waals surface area contributed by atoms with Gasteiger partial charge in [-0.3, -0.25) is 4.79 Å². The lowest BCUT2D eigenvalue weighted by Crippen LogP contribution is -2.12. The molecule has 0 fully saturated rings. The van der Waals surface area contributed by atoms with E-state index >= 15 is 0 Å². The van der Waals surface area contributed by atoms with E-state index in [0.717, 1.165) is 5.56 Å². The van der Waals surface area contributed by atoms with E-state index in [4.69, 9.17) is 39.2 Å². The maximum atomic E-state index is 12.5. The zero-order chi connectivity index (χ0) is 19.0. The van der Waals surface area contributed by atoms with Gasteiger partial charge in [0.15, 0.2) is 5.58 Å². The van der Waals surface area contributed by atoms with Crippen LogP contribution in [-0.4, -0.2) is 10.9 Å². The highest BCUT2D eigenvalue weighted by atomic mass is 35.5. The fourth-order valence-electron chi connectivity index (χ4n) is 2.62. The van der Waals surface area contributed by atoms with Gasteiger partial charge in [0.05, 0.1) is 10.6 Å². The Balaban J connectivity index is 1.64. The molecule has 1 amide bonds. The molecule has 4 rings (SSSR count). The highest BCUT2D eigenvalue weighted by Gasteiger charge is 2.13. The second-order valence-electron chi connectivity index (χ2n) is 5.79. The predicted octanol–water partition coefficient (Wildman–Crippen LogP) is 6.71. The number of nitrogens with zero attached hydrogens (tertiary/aromatic N) is 1. The molecule has 0 aliphatic rings. The lowest BCUT2D eigenvalue weighted by atomic mass is 10.2. The summed E-state index contributed by atoms with van der Waals surface area (Å²) in [4.78, 5) is 16.9. The first-order chi connectivity index (χ1) is 13.0. The van der Waals surface area contributed by atoms with Crippen LogP contribution in [0.1, 0.15) is 10.4 Å². The van der Waals surface area contributed by atoms with Crippen molar-refractivity contribution in [1.29, 1.82) is 0 Å². The Hall–Kier alpha value is -2.53. The topological polar surface area (TPSA) is 55.1 Å². The van der Waals surface area contributed by atoms with Crippen molar-refractivity contribution in [2.75, 3.05) is 5.32 Å². The van der Waals surface area contributed by atoms with Gasteiger partial charge in [0.2, 0.25) is 5.89 Å². The third-order valence-electron chi connectivity index (χ3n) is 3.89. The van der Waals surface area contributed by atoms with Crippen LogP contribution in [0.25, 0.3) is 22.6 Å². The Morgan fingerprint density at radius 3 is 2.56 bits per heavy atom. The zero-order valence-electron chi connectivity index (χ0n) is 13.7. The quantitative estimate of drug-likeness (QED) is 0.403. The van der Waals surface area contributed by atoms with Crippen LogP contribution < -0.4 is 5.32 Å². The first-order valence-corrected chi connectivity index (χ1v) is 9.06. The third kappa shape index (κ3) is 3.78. The van der Waals surface area contributed by atoms with Gasteiger partial charge in [-0.2, -0.15) is 0 Å². The molecule has 0 saturated heterocycles. The Bertz CT molecular complexity index is 1170. The monoisotopic (exact) mass is 416 g/mol. The Labute approximate surface area is 169 Å². The molecule has 4 aromatic rings. The summed E-state index contributed by atoms with van der Waals surface area (Å²) in [6.07, 6.45) is 0. The Morgan fingerprint density at radius 1 is 0.926 bits per heavy atom. The van der Waals surface area contributed by atoms with Gasteiger partial charge >= 0.3 is 0 Å². The van der Waals surface area contributed by atoms with Crippen molar-refractivity contribution < 1.29 is 9.21 Å².